The number of ether oxygens (including phenoxy) is 3. The number of nitrogens with one attached hydrogen (secondary N) is 1. The van der Waals surface area contributed by atoms with Gasteiger partial charge in [0, 0.05) is 19.3 Å². The Bertz CT molecular complexity index is 518. The molecular weight excluding hydrogens is 383 g/mol. The van der Waals surface area contributed by atoms with Crippen LogP contribution in [0.2, 0.25) is 0 Å². The Hall–Kier alpha value is -1.78. The van der Waals surface area contributed by atoms with Crippen molar-refractivity contribution in [3.05, 3.63) is 12.3 Å². The Morgan fingerprint density at radius 1 is 1.37 bits per heavy atom. The van der Waals surface area contributed by atoms with Crippen molar-refractivity contribution in [2.24, 2.45) is 0 Å². The molecule has 1 aliphatic rings. The molecule has 0 saturated carbocycles. The van der Waals surface area contributed by atoms with Crippen LogP contribution in [0.25, 0.3) is 0 Å². The summed E-state index contributed by atoms with van der Waals surface area (Å²) in [6.45, 7) is 2.95. The lowest BCUT2D eigenvalue weighted by atomic mass is 10.2. The van der Waals surface area contributed by atoms with Gasteiger partial charge in [-0.1, -0.05) is 0 Å². The third-order valence-electron chi connectivity index (χ3n) is 3.24. The van der Waals surface area contributed by atoms with Gasteiger partial charge in [-0.2, -0.15) is 0 Å². The molecule has 2 amide bonds. The van der Waals surface area contributed by atoms with E-state index in [4.69, 9.17) is 18.5 Å². The van der Waals surface area contributed by atoms with Gasteiger partial charge in [-0.3, -0.25) is 19.4 Å². The molecule has 12 heteroatoms. The molecule has 154 valence electrons. The van der Waals surface area contributed by atoms with E-state index in [1.807, 2.05) is 5.32 Å². The fourth-order valence-corrected chi connectivity index (χ4v) is 2.54. The highest BCUT2D eigenvalue weighted by Gasteiger charge is 2.28. The highest BCUT2D eigenvalue weighted by Crippen LogP contribution is 2.34. The normalized spacial score (nSPS) is 20.5. The van der Waals surface area contributed by atoms with Crippen molar-refractivity contribution < 1.29 is 42.5 Å². The maximum atomic E-state index is 11.2. The quantitative estimate of drug-likeness (QED) is 0.168. The first-order chi connectivity index (χ1) is 12.8. The summed E-state index contributed by atoms with van der Waals surface area (Å²) >= 11 is 0. The van der Waals surface area contributed by atoms with Crippen molar-refractivity contribution in [2.75, 3.05) is 20.4 Å². The second kappa shape index (κ2) is 12.6. The van der Waals surface area contributed by atoms with Crippen molar-refractivity contribution in [3.8, 4) is 0 Å². The fraction of sp³-hybridized carbons (Fsp3) is 0.667. The van der Waals surface area contributed by atoms with E-state index in [2.05, 4.69) is 4.74 Å². The zero-order chi connectivity index (χ0) is 20.2. The zero-order valence-electron chi connectivity index (χ0n) is 15.4. The Balaban J connectivity index is 2.20. The lowest BCUT2D eigenvalue weighted by molar-refractivity contribution is -0.121. The second-order valence-corrected chi connectivity index (χ2v) is 6.73. The molecule has 3 atom stereocenters. The van der Waals surface area contributed by atoms with Crippen LogP contribution in [0, 0.1) is 0 Å². The first kappa shape index (κ1) is 23.3. The smallest absolute Gasteiger partial charge is 0.432 e. The molecule has 1 heterocycles. The third-order valence-corrected chi connectivity index (χ3v) is 3.94. The van der Waals surface area contributed by atoms with E-state index >= 15 is 0 Å². The highest BCUT2D eigenvalue weighted by atomic mass is 31.2. The predicted molar refractivity (Wildman–Crippen MR) is 92.7 cm³/mol. The lowest BCUT2D eigenvalue weighted by Crippen LogP contribution is -2.29. The van der Waals surface area contributed by atoms with E-state index < -0.39 is 27.5 Å². The molecule has 0 aliphatic carbocycles. The highest BCUT2D eigenvalue weighted by molar-refractivity contribution is 7.40. The van der Waals surface area contributed by atoms with Crippen LogP contribution in [-0.4, -0.2) is 67.1 Å². The van der Waals surface area contributed by atoms with Gasteiger partial charge in [0.05, 0.1) is 18.8 Å². The van der Waals surface area contributed by atoms with Gasteiger partial charge < -0.3 is 28.5 Å². The van der Waals surface area contributed by atoms with Crippen LogP contribution in [0.4, 0.5) is 4.79 Å². The topological polar surface area (TPSA) is 133 Å². The van der Waals surface area contributed by atoms with E-state index in [1.54, 1.807) is 25.8 Å². The summed E-state index contributed by atoms with van der Waals surface area (Å²) in [5.41, 5.74) is 0. The summed E-state index contributed by atoms with van der Waals surface area (Å²) in [4.78, 5) is 43.8. The number of carbonyl (C=O) groups excluding carboxylic acids is 3. The van der Waals surface area contributed by atoms with Crippen LogP contribution in [0.1, 0.15) is 26.7 Å². The number of carbonyl (C=O) groups is 3. The molecule has 3 unspecified atom stereocenters. The van der Waals surface area contributed by atoms with E-state index in [-0.39, 0.29) is 25.0 Å². The predicted octanol–water partition coefficient (Wildman–Crippen LogP) is 0.981. The molecule has 1 saturated heterocycles. The summed E-state index contributed by atoms with van der Waals surface area (Å²) in [5, 5.41) is 1.99. The number of amides is 2. The van der Waals surface area contributed by atoms with Crippen LogP contribution in [0.15, 0.2) is 12.3 Å². The summed E-state index contributed by atoms with van der Waals surface area (Å²) in [6.07, 6.45) is 2.66. The van der Waals surface area contributed by atoms with Gasteiger partial charge in [0.2, 0.25) is 13.2 Å². The van der Waals surface area contributed by atoms with Gasteiger partial charge in [-0.25, -0.2) is 4.79 Å². The minimum absolute atomic E-state index is 0.0956. The summed E-state index contributed by atoms with van der Waals surface area (Å²) < 4.78 is 25.1. The number of hydrogen-bond acceptors (Lipinski definition) is 10. The summed E-state index contributed by atoms with van der Waals surface area (Å²) in [5.74, 6) is -0.530. The van der Waals surface area contributed by atoms with Crippen molar-refractivity contribution in [2.45, 2.75) is 45.1 Å². The molecule has 1 aliphatic heterocycles. The first-order valence-electron chi connectivity index (χ1n) is 8.19. The van der Waals surface area contributed by atoms with E-state index in [0.717, 1.165) is 0 Å². The Morgan fingerprint density at radius 3 is 2.78 bits per heavy atom. The Morgan fingerprint density at radius 2 is 2.11 bits per heavy atom. The van der Waals surface area contributed by atoms with Gasteiger partial charge in [0.15, 0.2) is 0 Å². The molecule has 2 N–H and O–H groups in total. The average molecular weight is 408 g/mol. The van der Waals surface area contributed by atoms with Crippen molar-refractivity contribution >= 4 is 27.1 Å². The van der Waals surface area contributed by atoms with Gasteiger partial charge >= 0.3 is 14.8 Å². The van der Waals surface area contributed by atoms with Gasteiger partial charge in [0.1, 0.15) is 6.23 Å². The summed E-state index contributed by atoms with van der Waals surface area (Å²) in [7, 11) is -0.493. The number of imide groups is 1. The zero-order valence-corrected chi connectivity index (χ0v) is 16.3. The van der Waals surface area contributed by atoms with Crippen LogP contribution in [0.5, 0.6) is 0 Å². The molecule has 27 heavy (non-hydrogen) atoms. The molecular formula is C15H25N2O9P. The molecule has 0 aromatic rings. The van der Waals surface area contributed by atoms with Crippen LogP contribution >= 0.6 is 8.60 Å². The standard InChI is InChI=1S/C15H25N2O9P/c1-11(2)25-15(20)22-10-24-27(21)23-8-12-4-5-14(26-12)17(3)7-6-13(19)16-9-18/h6-7,9,11-12,14,21H,4-5,8,10H2,1-3H3,(H,16,18,19)/b7-6-. The minimum atomic E-state index is -2.22. The van der Waals surface area contributed by atoms with Crippen LogP contribution < -0.4 is 5.32 Å². The molecule has 0 bridgehead atoms. The first-order valence-corrected chi connectivity index (χ1v) is 9.32. The SMILES string of the molecule is CC(C)OC(=O)OCOP(O)OCC1CCC(N(C)/C=C\C(=O)NC=O)O1. The molecule has 0 radical (unpaired) electrons. The van der Waals surface area contributed by atoms with Crippen LogP contribution in [0.3, 0.4) is 0 Å². The van der Waals surface area contributed by atoms with Crippen molar-refractivity contribution in [1.29, 1.82) is 0 Å². The van der Waals surface area contributed by atoms with E-state index in [0.29, 0.717) is 19.3 Å². The molecule has 0 spiro atoms. The molecule has 1 rings (SSSR count). The van der Waals surface area contributed by atoms with Gasteiger partial charge in [0.25, 0.3) is 5.91 Å². The molecule has 11 nitrogen and oxygen atoms in total. The van der Waals surface area contributed by atoms with Gasteiger partial charge in [-0.05, 0) is 26.7 Å². The maximum Gasteiger partial charge on any atom is 0.510 e. The molecule has 0 aromatic heterocycles. The van der Waals surface area contributed by atoms with Gasteiger partial charge in [-0.15, -0.1) is 0 Å². The Kier molecular flexibility index (Phi) is 10.8. The lowest BCUT2D eigenvalue weighted by Gasteiger charge is -2.23. The largest absolute Gasteiger partial charge is 0.510 e. The summed E-state index contributed by atoms with van der Waals surface area (Å²) in [6, 6.07) is 0. The second-order valence-electron chi connectivity index (χ2n) is 5.74. The number of hydrogen-bond donors (Lipinski definition) is 2. The third kappa shape index (κ3) is 10.2. The molecule has 1 fully saturated rings. The van der Waals surface area contributed by atoms with E-state index in [9.17, 15) is 19.3 Å². The van der Waals surface area contributed by atoms with Crippen molar-refractivity contribution in [1.82, 2.24) is 10.2 Å². The Labute approximate surface area is 158 Å². The number of nitrogens with zero attached hydrogens (tertiary/aromatic N) is 1. The number of rotatable bonds is 11. The maximum absolute atomic E-state index is 11.2. The van der Waals surface area contributed by atoms with Crippen LogP contribution in [-0.2, 0) is 32.8 Å². The average Bonchev–Trinajstić information content (AvgIpc) is 3.06. The monoisotopic (exact) mass is 408 g/mol. The molecule has 0 aromatic carbocycles. The minimum Gasteiger partial charge on any atom is -0.432 e. The van der Waals surface area contributed by atoms with Crippen molar-refractivity contribution in [3.63, 3.8) is 0 Å². The fourth-order valence-electron chi connectivity index (χ4n) is 2.03. The van der Waals surface area contributed by atoms with E-state index in [1.165, 1.54) is 12.3 Å².